The molecule has 0 atom stereocenters. The highest BCUT2D eigenvalue weighted by atomic mass is 127. The molecule has 0 aliphatic heterocycles. The predicted octanol–water partition coefficient (Wildman–Crippen LogP) is 0.920. The van der Waals surface area contributed by atoms with Gasteiger partial charge >= 0.3 is 0 Å². The molecule has 0 radical (unpaired) electrons. The van der Waals surface area contributed by atoms with Crippen molar-refractivity contribution in [2.75, 3.05) is 0 Å². The third kappa shape index (κ3) is 10.3. The standard InChI is InChI=1S/C11H4IN/c1-2-3-4-5-6-7-8-9-10-11-13-12/h13H,1H3/i/hT. The molecule has 0 rings (SSSR count). The van der Waals surface area contributed by atoms with Gasteiger partial charge in [-0.05, 0) is 30.6 Å². The van der Waals surface area contributed by atoms with Gasteiger partial charge < -0.3 is 0 Å². The molecule has 0 bridgehead atoms. The Bertz CT molecular complexity index is 478. The molecule has 0 saturated carbocycles. The molecule has 0 aliphatic rings. The maximum atomic E-state index is 6.88. The molecule has 60 valence electrons. The van der Waals surface area contributed by atoms with Crippen LogP contribution in [0.1, 0.15) is 6.92 Å². The second-order valence-corrected chi connectivity index (χ2v) is 1.93. The topological polar surface area (TPSA) is 12.0 Å². The minimum Gasteiger partial charge on any atom is -0.287 e. The monoisotopic (exact) mass is 279 g/mol. The van der Waals surface area contributed by atoms with Crippen LogP contribution in [0, 0.1) is 59.3 Å². The number of hydrogen-bond donors (Lipinski definition) is 1. The Morgan fingerprint density at radius 1 is 0.923 bits per heavy atom. The van der Waals surface area contributed by atoms with E-state index in [0.29, 0.717) is 0 Å². The van der Waals surface area contributed by atoms with Crippen molar-refractivity contribution in [3.8, 4) is 59.3 Å². The second kappa shape index (κ2) is 10.3. The Morgan fingerprint density at radius 2 is 1.38 bits per heavy atom. The molecule has 0 fully saturated rings. The molecule has 0 aromatic heterocycles. The molecule has 0 aromatic carbocycles. The van der Waals surface area contributed by atoms with Crippen LogP contribution in [0.25, 0.3) is 0 Å². The first-order chi connectivity index (χ1) is 6.77. The van der Waals surface area contributed by atoms with Crippen LogP contribution >= 0.6 is 22.9 Å². The van der Waals surface area contributed by atoms with Crippen molar-refractivity contribution in [1.29, 1.82) is 0 Å². The molecule has 0 unspecified atom stereocenters. The van der Waals surface area contributed by atoms with Gasteiger partial charge in [0.1, 0.15) is 0 Å². The van der Waals surface area contributed by atoms with Crippen LogP contribution in [-0.2, 0) is 0 Å². The van der Waals surface area contributed by atoms with E-state index >= 15 is 0 Å². The molecule has 0 amide bonds. The molecule has 0 aromatic rings. The summed E-state index contributed by atoms with van der Waals surface area (Å²) in [4.78, 5) is 0. The van der Waals surface area contributed by atoms with Gasteiger partial charge in [0, 0.05) is 29.7 Å². The summed E-state index contributed by atoms with van der Waals surface area (Å²) in [7, 11) is 0. The summed E-state index contributed by atoms with van der Waals surface area (Å²) in [5, 5.41) is 0. The highest BCUT2D eigenvalue weighted by Crippen LogP contribution is 1.60. The largest absolute Gasteiger partial charge is 0.287 e. The number of rotatable bonds is 0. The lowest BCUT2D eigenvalue weighted by Gasteiger charge is -1.65. The van der Waals surface area contributed by atoms with Gasteiger partial charge in [-0.2, -0.15) is 0 Å². The van der Waals surface area contributed by atoms with Gasteiger partial charge in [0.05, 0.1) is 22.9 Å². The van der Waals surface area contributed by atoms with Crippen molar-refractivity contribution in [1.82, 2.24) is 3.52 Å². The van der Waals surface area contributed by atoms with Gasteiger partial charge in [0.2, 0.25) is 0 Å². The van der Waals surface area contributed by atoms with Crippen molar-refractivity contribution in [2.24, 2.45) is 0 Å². The third-order valence-corrected chi connectivity index (χ3v) is 0.902. The molecule has 1 nitrogen and oxygen atoms in total. The summed E-state index contributed by atoms with van der Waals surface area (Å²) in [6.45, 7) is 1.70. The van der Waals surface area contributed by atoms with E-state index < -0.39 is 0 Å². The van der Waals surface area contributed by atoms with Gasteiger partial charge in [-0.1, -0.05) is 5.92 Å². The van der Waals surface area contributed by atoms with E-state index in [1.54, 1.807) is 29.8 Å². The predicted molar refractivity (Wildman–Crippen MR) is 61.7 cm³/mol. The summed E-state index contributed by atoms with van der Waals surface area (Å²) >= 11 is 1.71. The van der Waals surface area contributed by atoms with Gasteiger partial charge in [-0.25, -0.2) is 0 Å². The van der Waals surface area contributed by atoms with Crippen LogP contribution in [0.2, 0.25) is 1.41 Å². The molecular weight excluding hydrogens is 273 g/mol. The fraction of sp³-hybridized carbons (Fsp3) is 0.0909. The van der Waals surface area contributed by atoms with Crippen LogP contribution in [0.5, 0.6) is 0 Å². The van der Waals surface area contributed by atoms with Crippen LogP contribution in [0.4, 0.5) is 0 Å². The minimum atomic E-state index is 0.941. The smallest absolute Gasteiger partial charge is 0.183 e. The van der Waals surface area contributed by atoms with E-state index in [4.69, 9.17) is 1.41 Å². The summed E-state index contributed by atoms with van der Waals surface area (Å²) in [5.74, 6) is 22.5. The van der Waals surface area contributed by atoms with Crippen molar-refractivity contribution in [2.45, 2.75) is 6.92 Å². The van der Waals surface area contributed by atoms with E-state index in [9.17, 15) is 0 Å². The van der Waals surface area contributed by atoms with Crippen molar-refractivity contribution < 1.29 is 1.41 Å². The molecule has 0 saturated heterocycles. The Labute approximate surface area is 94.0 Å². The Balaban J connectivity index is 4.12. The molecule has 0 spiro atoms. The third-order valence-electron chi connectivity index (χ3n) is 0.661. The van der Waals surface area contributed by atoms with Crippen LogP contribution < -0.4 is 3.52 Å². The maximum absolute atomic E-state index is 6.88. The average molecular weight is 279 g/mol. The normalized spacial score (nSPS) is 5.23. The first kappa shape index (κ1) is 9.42. The first-order valence-corrected chi connectivity index (χ1v) is 4.11. The summed E-state index contributed by atoms with van der Waals surface area (Å²) in [6, 6.07) is 2.39. The van der Waals surface area contributed by atoms with Crippen LogP contribution in [-0.4, -0.2) is 0 Å². The highest BCUT2D eigenvalue weighted by Gasteiger charge is 1.56. The van der Waals surface area contributed by atoms with E-state index in [0.717, 1.165) is 3.52 Å². The highest BCUT2D eigenvalue weighted by molar-refractivity contribution is 14.1. The molecule has 2 heteroatoms. The molecule has 0 heterocycles. The zero-order valence-corrected chi connectivity index (χ0v) is 8.98. The average Bonchev–Trinajstić information content (AvgIpc) is 2.15. The minimum absolute atomic E-state index is 0.941. The van der Waals surface area contributed by atoms with Crippen LogP contribution in [0.15, 0.2) is 0 Å². The maximum Gasteiger partial charge on any atom is 0.183 e. The van der Waals surface area contributed by atoms with Gasteiger partial charge in [-0.15, -0.1) is 0 Å². The van der Waals surface area contributed by atoms with Gasteiger partial charge in [0.25, 0.3) is 0 Å². The Kier molecular flexibility index (Phi) is 7.48. The summed E-state index contributed by atoms with van der Waals surface area (Å²) in [5.41, 5.74) is 0. The lowest BCUT2D eigenvalue weighted by Crippen LogP contribution is -1.77. The molecule has 0 aliphatic carbocycles. The van der Waals surface area contributed by atoms with Crippen molar-refractivity contribution >= 4 is 22.9 Å². The number of halogens is 1. The van der Waals surface area contributed by atoms with Crippen molar-refractivity contribution in [3.63, 3.8) is 0 Å². The molecule has 1 N–H and O–H groups in total. The van der Waals surface area contributed by atoms with Crippen molar-refractivity contribution in [3.05, 3.63) is 0 Å². The molecular formula is C11H4IN. The van der Waals surface area contributed by atoms with E-state index in [1.165, 1.54) is 0 Å². The number of nitrogens with one attached hydrogen (secondary N) is 1. The zero-order chi connectivity index (χ0) is 10.6. The Morgan fingerprint density at radius 3 is 1.85 bits per heavy atom. The summed E-state index contributed by atoms with van der Waals surface area (Å²) < 4.78 is 7.82. The Hall–Kier alpha value is -1.67. The second-order valence-electron chi connectivity index (χ2n) is 1.45. The fourth-order valence-electron chi connectivity index (χ4n) is 0.299. The SMILES string of the molecule is [3H]N(I)C#CC#CC#CC#CC#CC. The van der Waals surface area contributed by atoms with Gasteiger partial charge in [-0.3, -0.25) is 3.52 Å². The quantitative estimate of drug-likeness (QED) is 0.301. The number of hydrogen-bond acceptors (Lipinski definition) is 1. The lowest BCUT2D eigenvalue weighted by molar-refractivity contribution is 1.61. The first-order valence-electron chi connectivity index (χ1n) is 3.59. The van der Waals surface area contributed by atoms with E-state index in [-0.39, 0.29) is 0 Å². The fourth-order valence-corrected chi connectivity index (χ4v) is 0.420. The van der Waals surface area contributed by atoms with E-state index in [2.05, 4.69) is 59.3 Å². The van der Waals surface area contributed by atoms with Crippen LogP contribution in [0.3, 0.4) is 0 Å². The molecule has 13 heavy (non-hydrogen) atoms. The summed E-state index contributed by atoms with van der Waals surface area (Å²) in [6.07, 6.45) is 0. The lowest BCUT2D eigenvalue weighted by atomic mass is 10.5. The van der Waals surface area contributed by atoms with E-state index in [1.807, 2.05) is 0 Å². The zero-order valence-electron chi connectivity index (χ0n) is 7.83. The van der Waals surface area contributed by atoms with Gasteiger partial charge in [0.15, 0.2) is 1.41 Å².